The maximum absolute atomic E-state index is 12.2. The molecule has 0 aliphatic carbocycles. The highest BCUT2D eigenvalue weighted by molar-refractivity contribution is 6.30. The molecule has 1 aliphatic rings. The van der Waals surface area contributed by atoms with Gasteiger partial charge in [0.2, 0.25) is 5.91 Å². The quantitative estimate of drug-likeness (QED) is 0.847. The maximum atomic E-state index is 12.2. The molecule has 1 unspecified atom stereocenters. The molecule has 4 nitrogen and oxygen atoms in total. The molecular weight excluding hydrogens is 276 g/mol. The Balaban J connectivity index is 1.83. The largest absolute Gasteiger partial charge is 0.374 e. The van der Waals surface area contributed by atoms with Crippen LogP contribution in [0.4, 0.5) is 0 Å². The molecule has 1 aliphatic heterocycles. The second kappa shape index (κ2) is 7.07. The number of carbonyl (C=O) groups excluding carboxylic acids is 1. The number of carbonyl (C=O) groups is 1. The van der Waals surface area contributed by atoms with Crippen LogP contribution in [0.25, 0.3) is 0 Å². The van der Waals surface area contributed by atoms with Crippen molar-refractivity contribution in [1.29, 1.82) is 0 Å². The Labute approximate surface area is 125 Å². The van der Waals surface area contributed by atoms with Crippen molar-refractivity contribution < 1.29 is 9.53 Å². The van der Waals surface area contributed by atoms with Gasteiger partial charge in [0.25, 0.3) is 0 Å². The van der Waals surface area contributed by atoms with E-state index < -0.39 is 0 Å². The second-order valence-electron chi connectivity index (χ2n) is 5.33. The molecule has 0 aromatic heterocycles. The maximum Gasteiger partial charge on any atom is 0.226 e. The lowest BCUT2D eigenvalue weighted by Gasteiger charge is -2.32. The van der Waals surface area contributed by atoms with Gasteiger partial charge in [-0.15, -0.1) is 0 Å². The molecule has 5 heteroatoms. The SMILES string of the molecule is CN1CCOC(CN(C)C(=O)Cc2ccc(Cl)cc2)C1. The van der Waals surface area contributed by atoms with Gasteiger partial charge >= 0.3 is 0 Å². The molecule has 1 amide bonds. The summed E-state index contributed by atoms with van der Waals surface area (Å²) in [7, 11) is 3.90. The first-order valence-corrected chi connectivity index (χ1v) is 7.21. The van der Waals surface area contributed by atoms with E-state index in [0.717, 1.165) is 25.3 Å². The minimum absolute atomic E-state index is 0.101. The fourth-order valence-electron chi connectivity index (χ4n) is 2.30. The van der Waals surface area contributed by atoms with Gasteiger partial charge in [-0.05, 0) is 24.7 Å². The van der Waals surface area contributed by atoms with Crippen LogP contribution < -0.4 is 0 Å². The molecule has 1 fully saturated rings. The van der Waals surface area contributed by atoms with Crippen LogP contribution in [0.2, 0.25) is 5.02 Å². The first kappa shape index (κ1) is 15.3. The Morgan fingerprint density at radius 2 is 2.15 bits per heavy atom. The van der Waals surface area contributed by atoms with E-state index in [9.17, 15) is 4.79 Å². The van der Waals surface area contributed by atoms with Gasteiger partial charge in [0.05, 0.1) is 19.1 Å². The monoisotopic (exact) mass is 296 g/mol. The van der Waals surface area contributed by atoms with E-state index in [1.165, 1.54) is 0 Å². The summed E-state index contributed by atoms with van der Waals surface area (Å²) in [5.74, 6) is 0.101. The van der Waals surface area contributed by atoms with Gasteiger partial charge in [-0.1, -0.05) is 23.7 Å². The molecule has 0 bridgehead atoms. The minimum atomic E-state index is 0.101. The highest BCUT2D eigenvalue weighted by atomic mass is 35.5. The van der Waals surface area contributed by atoms with E-state index in [0.29, 0.717) is 18.0 Å². The van der Waals surface area contributed by atoms with Crippen molar-refractivity contribution in [2.45, 2.75) is 12.5 Å². The van der Waals surface area contributed by atoms with Crippen LogP contribution in [-0.2, 0) is 16.0 Å². The van der Waals surface area contributed by atoms with Crippen molar-refractivity contribution in [2.75, 3.05) is 40.3 Å². The summed E-state index contributed by atoms with van der Waals surface area (Å²) >= 11 is 5.84. The predicted octanol–water partition coefficient (Wildman–Crippen LogP) is 1.67. The number of hydrogen-bond acceptors (Lipinski definition) is 3. The number of ether oxygens (including phenoxy) is 1. The third-order valence-corrected chi connectivity index (χ3v) is 3.77. The summed E-state index contributed by atoms with van der Waals surface area (Å²) < 4.78 is 5.68. The summed E-state index contributed by atoms with van der Waals surface area (Å²) in [6, 6.07) is 7.39. The van der Waals surface area contributed by atoms with Gasteiger partial charge in [-0.2, -0.15) is 0 Å². The van der Waals surface area contributed by atoms with Gasteiger partial charge in [0.1, 0.15) is 0 Å². The summed E-state index contributed by atoms with van der Waals surface area (Å²) in [4.78, 5) is 16.2. The van der Waals surface area contributed by atoms with E-state index in [-0.39, 0.29) is 12.0 Å². The Kier molecular flexibility index (Phi) is 5.40. The number of halogens is 1. The highest BCUT2D eigenvalue weighted by Gasteiger charge is 2.21. The van der Waals surface area contributed by atoms with Gasteiger partial charge in [0.15, 0.2) is 0 Å². The molecule has 0 radical (unpaired) electrons. The first-order chi connectivity index (χ1) is 9.54. The summed E-state index contributed by atoms with van der Waals surface area (Å²) in [6.45, 7) is 3.20. The van der Waals surface area contributed by atoms with Crippen molar-refractivity contribution in [1.82, 2.24) is 9.80 Å². The molecule has 2 rings (SSSR count). The van der Waals surface area contributed by atoms with Gasteiger partial charge in [-0.3, -0.25) is 4.79 Å². The van der Waals surface area contributed by atoms with Crippen molar-refractivity contribution in [3.8, 4) is 0 Å². The number of nitrogens with zero attached hydrogens (tertiary/aromatic N) is 2. The highest BCUT2D eigenvalue weighted by Crippen LogP contribution is 2.11. The lowest BCUT2D eigenvalue weighted by molar-refractivity contribution is -0.132. The van der Waals surface area contributed by atoms with Crippen LogP contribution in [-0.4, -0.2) is 62.1 Å². The Hall–Kier alpha value is -1.10. The zero-order valence-electron chi connectivity index (χ0n) is 12.0. The van der Waals surface area contributed by atoms with Crippen LogP contribution in [0.15, 0.2) is 24.3 Å². The van der Waals surface area contributed by atoms with Crippen LogP contribution in [0, 0.1) is 0 Å². The number of amides is 1. The molecule has 1 saturated heterocycles. The fraction of sp³-hybridized carbons (Fsp3) is 0.533. The van der Waals surface area contributed by atoms with Crippen LogP contribution in [0.5, 0.6) is 0 Å². The van der Waals surface area contributed by atoms with Crippen molar-refractivity contribution in [3.63, 3.8) is 0 Å². The number of hydrogen-bond donors (Lipinski definition) is 0. The molecule has 1 atom stereocenters. The molecule has 1 aromatic carbocycles. The molecule has 0 N–H and O–H groups in total. The predicted molar refractivity (Wildman–Crippen MR) is 80.0 cm³/mol. The van der Waals surface area contributed by atoms with Gasteiger partial charge in [-0.25, -0.2) is 0 Å². The smallest absolute Gasteiger partial charge is 0.226 e. The van der Waals surface area contributed by atoms with Gasteiger partial charge < -0.3 is 14.5 Å². The zero-order chi connectivity index (χ0) is 14.5. The molecule has 1 heterocycles. The molecular formula is C15H21ClN2O2. The average molecular weight is 297 g/mol. The van der Waals surface area contributed by atoms with E-state index in [1.54, 1.807) is 4.90 Å². The third-order valence-electron chi connectivity index (χ3n) is 3.51. The first-order valence-electron chi connectivity index (χ1n) is 6.83. The number of likely N-dealkylation sites (N-methyl/N-ethyl adjacent to an activating group) is 2. The topological polar surface area (TPSA) is 32.8 Å². The number of morpholine rings is 1. The Bertz CT molecular complexity index is 450. The van der Waals surface area contributed by atoms with E-state index in [2.05, 4.69) is 11.9 Å². The second-order valence-corrected chi connectivity index (χ2v) is 5.77. The molecule has 110 valence electrons. The molecule has 20 heavy (non-hydrogen) atoms. The van der Waals surface area contributed by atoms with Crippen molar-refractivity contribution >= 4 is 17.5 Å². The molecule has 0 spiro atoms. The van der Waals surface area contributed by atoms with Crippen LogP contribution >= 0.6 is 11.6 Å². The minimum Gasteiger partial charge on any atom is -0.374 e. The fourth-order valence-corrected chi connectivity index (χ4v) is 2.42. The standard InChI is InChI=1S/C15H21ClN2O2/c1-17-7-8-20-14(10-17)11-18(2)15(19)9-12-3-5-13(16)6-4-12/h3-6,14H,7-11H2,1-2H3. The average Bonchev–Trinajstić information content (AvgIpc) is 2.41. The van der Waals surface area contributed by atoms with Crippen LogP contribution in [0.1, 0.15) is 5.56 Å². The van der Waals surface area contributed by atoms with Crippen molar-refractivity contribution in [2.24, 2.45) is 0 Å². The normalized spacial score (nSPS) is 19.9. The summed E-state index contributed by atoms with van der Waals surface area (Å²) in [5, 5.41) is 0.688. The Morgan fingerprint density at radius 3 is 2.80 bits per heavy atom. The lowest BCUT2D eigenvalue weighted by Crippen LogP contribution is -2.46. The lowest BCUT2D eigenvalue weighted by atomic mass is 10.1. The number of rotatable bonds is 4. The number of benzene rings is 1. The summed E-state index contributed by atoms with van der Waals surface area (Å²) in [6.07, 6.45) is 0.504. The Morgan fingerprint density at radius 1 is 1.45 bits per heavy atom. The molecule has 1 aromatic rings. The zero-order valence-corrected chi connectivity index (χ0v) is 12.8. The van der Waals surface area contributed by atoms with E-state index >= 15 is 0 Å². The van der Waals surface area contributed by atoms with E-state index in [1.807, 2.05) is 31.3 Å². The third kappa shape index (κ3) is 4.47. The van der Waals surface area contributed by atoms with Crippen molar-refractivity contribution in [3.05, 3.63) is 34.9 Å². The van der Waals surface area contributed by atoms with Crippen LogP contribution in [0.3, 0.4) is 0 Å². The van der Waals surface area contributed by atoms with E-state index in [4.69, 9.17) is 16.3 Å². The molecule has 0 saturated carbocycles. The summed E-state index contributed by atoms with van der Waals surface area (Å²) in [5.41, 5.74) is 0.980. The van der Waals surface area contributed by atoms with Gasteiger partial charge in [0, 0.05) is 31.7 Å².